The van der Waals surface area contributed by atoms with E-state index in [0.29, 0.717) is 11.3 Å². The third-order valence-electron chi connectivity index (χ3n) is 1.57. The van der Waals surface area contributed by atoms with Gasteiger partial charge in [-0.15, -0.1) is 0 Å². The fourth-order valence-electron chi connectivity index (χ4n) is 1.03. The minimum atomic E-state index is -0.0812. The Kier molecular flexibility index (Phi) is 2.90. The van der Waals surface area contributed by atoms with Gasteiger partial charge in [0.2, 0.25) is 0 Å². The molecule has 0 bridgehead atoms. The van der Waals surface area contributed by atoms with Crippen LogP contribution in [0.3, 0.4) is 0 Å². The Morgan fingerprint density at radius 3 is 2.69 bits per heavy atom. The normalized spacial score (nSPS) is 10.1. The van der Waals surface area contributed by atoms with Crippen molar-refractivity contribution >= 4 is 11.6 Å². The van der Waals surface area contributed by atoms with E-state index < -0.39 is 0 Å². The molecule has 3 heteroatoms. The molecule has 0 fully saturated rings. The number of rotatable bonds is 2. The van der Waals surface area contributed by atoms with Crippen LogP contribution in [0.5, 0.6) is 0 Å². The van der Waals surface area contributed by atoms with Gasteiger partial charge >= 0.3 is 0 Å². The highest BCUT2D eigenvalue weighted by atomic mass is 16.1. The molecule has 1 aromatic rings. The fourth-order valence-corrected chi connectivity index (χ4v) is 1.03. The average Bonchev–Trinajstić information content (AvgIpc) is 2.03. The maximum atomic E-state index is 11.4. The van der Waals surface area contributed by atoms with Gasteiger partial charge in [0.25, 0.3) is 5.91 Å². The Balaban J connectivity index is 2.77. The summed E-state index contributed by atoms with van der Waals surface area (Å²) in [7, 11) is 0. The Bertz CT molecular complexity index is 308. The second-order valence-electron chi connectivity index (χ2n) is 3.25. The van der Waals surface area contributed by atoms with Crippen LogP contribution in [0.15, 0.2) is 24.3 Å². The highest BCUT2D eigenvalue weighted by Gasteiger charge is 2.05. The van der Waals surface area contributed by atoms with Crippen LogP contribution in [-0.4, -0.2) is 11.9 Å². The van der Waals surface area contributed by atoms with Gasteiger partial charge in [-0.3, -0.25) is 4.79 Å². The lowest BCUT2D eigenvalue weighted by molar-refractivity contribution is 0.0943. The van der Waals surface area contributed by atoms with Gasteiger partial charge in [-0.1, -0.05) is 6.07 Å². The molecule has 1 aromatic carbocycles. The number of carbonyl (C=O) groups excluding carboxylic acids is 1. The standard InChI is InChI=1S/C10H14N2O/c1-7(2)12-10(13)8-4-3-5-9(11)6-8/h3-7H,11H2,1-2H3,(H,12,13). The predicted octanol–water partition coefficient (Wildman–Crippen LogP) is 1.41. The Morgan fingerprint density at radius 1 is 1.46 bits per heavy atom. The number of benzene rings is 1. The monoisotopic (exact) mass is 178 g/mol. The summed E-state index contributed by atoms with van der Waals surface area (Å²) in [6.45, 7) is 3.84. The summed E-state index contributed by atoms with van der Waals surface area (Å²) in [6.07, 6.45) is 0. The van der Waals surface area contributed by atoms with E-state index in [0.717, 1.165) is 0 Å². The molecule has 3 N–H and O–H groups in total. The zero-order valence-electron chi connectivity index (χ0n) is 7.87. The summed E-state index contributed by atoms with van der Waals surface area (Å²) in [5.74, 6) is -0.0812. The van der Waals surface area contributed by atoms with Gasteiger partial charge in [0.1, 0.15) is 0 Å². The van der Waals surface area contributed by atoms with Gasteiger partial charge in [-0.25, -0.2) is 0 Å². The van der Waals surface area contributed by atoms with Crippen LogP contribution >= 0.6 is 0 Å². The first kappa shape index (κ1) is 9.58. The van der Waals surface area contributed by atoms with Crippen molar-refractivity contribution in [2.24, 2.45) is 0 Å². The van der Waals surface area contributed by atoms with Crippen LogP contribution in [0.25, 0.3) is 0 Å². The molecule has 0 heterocycles. The highest BCUT2D eigenvalue weighted by Crippen LogP contribution is 2.06. The molecule has 13 heavy (non-hydrogen) atoms. The molecule has 0 spiro atoms. The van der Waals surface area contributed by atoms with Gasteiger partial charge in [-0.2, -0.15) is 0 Å². The van der Waals surface area contributed by atoms with E-state index in [1.54, 1.807) is 24.3 Å². The highest BCUT2D eigenvalue weighted by molar-refractivity contribution is 5.95. The van der Waals surface area contributed by atoms with Gasteiger partial charge in [-0.05, 0) is 32.0 Å². The van der Waals surface area contributed by atoms with Crippen LogP contribution in [0.1, 0.15) is 24.2 Å². The largest absolute Gasteiger partial charge is 0.399 e. The van der Waals surface area contributed by atoms with Crippen molar-refractivity contribution in [1.82, 2.24) is 5.32 Å². The number of nitrogens with two attached hydrogens (primary N) is 1. The lowest BCUT2D eigenvalue weighted by Crippen LogP contribution is -2.30. The van der Waals surface area contributed by atoms with Crippen molar-refractivity contribution < 1.29 is 4.79 Å². The van der Waals surface area contributed by atoms with Gasteiger partial charge in [0.05, 0.1) is 0 Å². The van der Waals surface area contributed by atoms with Crippen molar-refractivity contribution in [2.75, 3.05) is 5.73 Å². The second kappa shape index (κ2) is 3.94. The van der Waals surface area contributed by atoms with E-state index in [4.69, 9.17) is 5.73 Å². The molecular weight excluding hydrogens is 164 g/mol. The molecule has 3 nitrogen and oxygen atoms in total. The van der Waals surface area contributed by atoms with Crippen molar-refractivity contribution in [3.63, 3.8) is 0 Å². The molecular formula is C10H14N2O. The molecule has 1 amide bonds. The second-order valence-corrected chi connectivity index (χ2v) is 3.25. The SMILES string of the molecule is CC(C)NC(=O)c1cccc(N)c1. The van der Waals surface area contributed by atoms with Crippen molar-refractivity contribution in [2.45, 2.75) is 19.9 Å². The van der Waals surface area contributed by atoms with Crippen LogP contribution in [-0.2, 0) is 0 Å². The first-order valence-corrected chi connectivity index (χ1v) is 4.26. The summed E-state index contributed by atoms with van der Waals surface area (Å²) in [4.78, 5) is 11.4. The molecule has 0 saturated heterocycles. The molecule has 0 atom stereocenters. The first-order valence-electron chi connectivity index (χ1n) is 4.26. The maximum Gasteiger partial charge on any atom is 0.251 e. The number of amides is 1. The van der Waals surface area contributed by atoms with E-state index in [2.05, 4.69) is 5.32 Å². The molecule has 70 valence electrons. The third kappa shape index (κ3) is 2.78. The predicted molar refractivity (Wildman–Crippen MR) is 53.5 cm³/mol. The summed E-state index contributed by atoms with van der Waals surface area (Å²) in [5, 5.41) is 2.79. The third-order valence-corrected chi connectivity index (χ3v) is 1.57. The van der Waals surface area contributed by atoms with E-state index in [-0.39, 0.29) is 11.9 Å². The van der Waals surface area contributed by atoms with Gasteiger partial charge in [0.15, 0.2) is 0 Å². The minimum absolute atomic E-state index is 0.0812. The van der Waals surface area contributed by atoms with E-state index in [9.17, 15) is 4.79 Å². The maximum absolute atomic E-state index is 11.4. The lowest BCUT2D eigenvalue weighted by atomic mass is 10.2. The van der Waals surface area contributed by atoms with E-state index in [1.165, 1.54) is 0 Å². The molecule has 1 rings (SSSR count). The molecule has 0 aromatic heterocycles. The van der Waals surface area contributed by atoms with Crippen molar-refractivity contribution in [3.8, 4) is 0 Å². The number of nitrogen functional groups attached to an aromatic ring is 1. The number of hydrogen-bond acceptors (Lipinski definition) is 2. The smallest absolute Gasteiger partial charge is 0.251 e. The Hall–Kier alpha value is -1.51. The van der Waals surface area contributed by atoms with E-state index in [1.807, 2.05) is 13.8 Å². The van der Waals surface area contributed by atoms with Crippen LogP contribution in [0.2, 0.25) is 0 Å². The summed E-state index contributed by atoms with van der Waals surface area (Å²) in [6, 6.07) is 7.08. The van der Waals surface area contributed by atoms with Crippen LogP contribution in [0, 0.1) is 0 Å². The Morgan fingerprint density at radius 2 is 2.15 bits per heavy atom. The molecule has 0 unspecified atom stereocenters. The van der Waals surface area contributed by atoms with Crippen LogP contribution in [0.4, 0.5) is 5.69 Å². The Labute approximate surface area is 77.9 Å². The molecule has 0 aliphatic rings. The molecule has 0 aliphatic carbocycles. The lowest BCUT2D eigenvalue weighted by Gasteiger charge is -2.08. The van der Waals surface area contributed by atoms with Crippen molar-refractivity contribution in [3.05, 3.63) is 29.8 Å². The minimum Gasteiger partial charge on any atom is -0.399 e. The van der Waals surface area contributed by atoms with Gasteiger partial charge < -0.3 is 11.1 Å². The molecule has 0 aliphatic heterocycles. The topological polar surface area (TPSA) is 55.1 Å². The number of hydrogen-bond donors (Lipinski definition) is 2. The number of nitrogens with one attached hydrogen (secondary N) is 1. The van der Waals surface area contributed by atoms with Crippen molar-refractivity contribution in [1.29, 1.82) is 0 Å². The zero-order chi connectivity index (χ0) is 9.84. The quantitative estimate of drug-likeness (QED) is 0.673. The first-order chi connectivity index (χ1) is 6.09. The summed E-state index contributed by atoms with van der Waals surface area (Å²) in [5.41, 5.74) is 6.76. The van der Waals surface area contributed by atoms with E-state index >= 15 is 0 Å². The number of anilines is 1. The summed E-state index contributed by atoms with van der Waals surface area (Å²) < 4.78 is 0. The molecule has 0 radical (unpaired) electrons. The summed E-state index contributed by atoms with van der Waals surface area (Å²) >= 11 is 0. The molecule has 0 saturated carbocycles. The fraction of sp³-hybridized carbons (Fsp3) is 0.300. The van der Waals surface area contributed by atoms with Crippen LogP contribution < -0.4 is 11.1 Å². The number of carbonyl (C=O) groups is 1. The zero-order valence-corrected chi connectivity index (χ0v) is 7.87. The van der Waals surface area contributed by atoms with Gasteiger partial charge in [0, 0.05) is 17.3 Å². The average molecular weight is 178 g/mol.